The minimum absolute atomic E-state index is 0.0943. The maximum atomic E-state index is 12.3. The van der Waals surface area contributed by atoms with Crippen LogP contribution in [0.4, 0.5) is 0 Å². The maximum Gasteiger partial charge on any atom is 0.282 e. The highest BCUT2D eigenvalue weighted by molar-refractivity contribution is 7.86. The zero-order valence-electron chi connectivity index (χ0n) is 13.1. The van der Waals surface area contributed by atoms with Crippen LogP contribution in [-0.2, 0) is 21.5 Å². The molecule has 1 atom stereocenters. The van der Waals surface area contributed by atoms with Crippen molar-refractivity contribution < 1.29 is 13.2 Å². The summed E-state index contributed by atoms with van der Waals surface area (Å²) in [5.41, 5.74) is 1.63. The predicted molar refractivity (Wildman–Crippen MR) is 83.0 cm³/mol. The van der Waals surface area contributed by atoms with E-state index in [4.69, 9.17) is 0 Å². The Bertz CT molecular complexity index is 628. The highest BCUT2D eigenvalue weighted by Crippen LogP contribution is 2.33. The van der Waals surface area contributed by atoms with Crippen LogP contribution in [0.3, 0.4) is 0 Å². The van der Waals surface area contributed by atoms with Crippen LogP contribution in [0.25, 0.3) is 0 Å². The summed E-state index contributed by atoms with van der Waals surface area (Å²) in [4.78, 5) is 15.3. The second kappa shape index (κ2) is 6.72. The molecule has 1 N–H and O–H groups in total. The second-order valence-corrected chi connectivity index (χ2v) is 7.65. The van der Waals surface area contributed by atoms with Crippen molar-refractivity contribution in [1.82, 2.24) is 18.9 Å². The quantitative estimate of drug-likeness (QED) is 0.862. The molecule has 7 nitrogen and oxygen atoms in total. The second-order valence-electron chi connectivity index (χ2n) is 5.56. The van der Waals surface area contributed by atoms with Gasteiger partial charge in [0, 0.05) is 40.3 Å². The molecular formula is C14H22N4O3S. The fourth-order valence-electron chi connectivity index (χ4n) is 2.49. The minimum Gasteiger partial charge on any atom is -0.352 e. The average molecular weight is 326 g/mol. The number of aromatic nitrogens is 1. The molecule has 0 aromatic carbocycles. The molecule has 1 aromatic heterocycles. The first-order valence-corrected chi connectivity index (χ1v) is 8.60. The molecule has 2 rings (SSSR count). The van der Waals surface area contributed by atoms with E-state index in [9.17, 15) is 13.2 Å². The van der Waals surface area contributed by atoms with Crippen molar-refractivity contribution in [1.29, 1.82) is 0 Å². The zero-order chi connectivity index (χ0) is 16.3. The van der Waals surface area contributed by atoms with Gasteiger partial charge in [-0.25, -0.2) is 0 Å². The Labute approximate surface area is 131 Å². The van der Waals surface area contributed by atoms with E-state index < -0.39 is 10.2 Å². The molecule has 1 amide bonds. The average Bonchev–Trinajstić information content (AvgIpc) is 2.95. The van der Waals surface area contributed by atoms with Gasteiger partial charge in [0.15, 0.2) is 0 Å². The number of amides is 1. The van der Waals surface area contributed by atoms with E-state index in [1.165, 1.54) is 29.6 Å². The van der Waals surface area contributed by atoms with Gasteiger partial charge in [-0.05, 0) is 24.5 Å². The Morgan fingerprint density at radius 2 is 2.18 bits per heavy atom. The molecule has 0 spiro atoms. The van der Waals surface area contributed by atoms with Crippen LogP contribution < -0.4 is 5.32 Å². The SMILES string of the molecule is CC(=O)NCc1ccc(C2CCCN2S(=O)(=O)N(C)C)nc1. The van der Waals surface area contributed by atoms with Crippen LogP contribution >= 0.6 is 0 Å². The van der Waals surface area contributed by atoms with Crippen LogP contribution in [-0.4, -0.2) is 48.6 Å². The van der Waals surface area contributed by atoms with Crippen LogP contribution in [0, 0.1) is 0 Å². The first-order chi connectivity index (χ1) is 10.3. The fraction of sp³-hybridized carbons (Fsp3) is 0.571. The summed E-state index contributed by atoms with van der Waals surface area (Å²) in [5.74, 6) is -0.0943. The molecule has 1 aliphatic heterocycles. The van der Waals surface area contributed by atoms with Gasteiger partial charge in [0.05, 0.1) is 11.7 Å². The Kier molecular flexibility index (Phi) is 5.15. The van der Waals surface area contributed by atoms with E-state index >= 15 is 0 Å². The molecule has 0 radical (unpaired) electrons. The van der Waals surface area contributed by atoms with Gasteiger partial charge in [0.25, 0.3) is 10.2 Å². The van der Waals surface area contributed by atoms with Gasteiger partial charge in [0.1, 0.15) is 0 Å². The van der Waals surface area contributed by atoms with Crippen molar-refractivity contribution in [2.24, 2.45) is 0 Å². The molecule has 1 aromatic rings. The summed E-state index contributed by atoms with van der Waals surface area (Å²) in [6.07, 6.45) is 3.28. The van der Waals surface area contributed by atoms with Crippen LogP contribution in [0.15, 0.2) is 18.3 Å². The summed E-state index contributed by atoms with van der Waals surface area (Å²) in [6.45, 7) is 2.40. The summed E-state index contributed by atoms with van der Waals surface area (Å²) >= 11 is 0. The number of carbonyl (C=O) groups is 1. The topological polar surface area (TPSA) is 82.6 Å². The van der Waals surface area contributed by atoms with E-state index in [0.29, 0.717) is 13.1 Å². The van der Waals surface area contributed by atoms with Gasteiger partial charge in [0.2, 0.25) is 5.91 Å². The lowest BCUT2D eigenvalue weighted by molar-refractivity contribution is -0.119. The summed E-state index contributed by atoms with van der Waals surface area (Å²) < 4.78 is 27.4. The highest BCUT2D eigenvalue weighted by Gasteiger charge is 2.37. The Morgan fingerprint density at radius 1 is 1.45 bits per heavy atom. The predicted octanol–water partition coefficient (Wildman–Crippen LogP) is 0.661. The van der Waals surface area contributed by atoms with Crippen LogP contribution in [0.2, 0.25) is 0 Å². The third kappa shape index (κ3) is 3.63. The van der Waals surface area contributed by atoms with E-state index in [1.54, 1.807) is 6.20 Å². The lowest BCUT2D eigenvalue weighted by atomic mass is 10.1. The van der Waals surface area contributed by atoms with Crippen LogP contribution in [0.5, 0.6) is 0 Å². The van der Waals surface area contributed by atoms with Crippen molar-refractivity contribution >= 4 is 16.1 Å². The van der Waals surface area contributed by atoms with Crippen molar-refractivity contribution in [3.63, 3.8) is 0 Å². The molecule has 0 saturated carbocycles. The number of pyridine rings is 1. The van der Waals surface area contributed by atoms with E-state index in [1.807, 2.05) is 12.1 Å². The third-order valence-corrected chi connectivity index (χ3v) is 5.64. The lowest BCUT2D eigenvalue weighted by Gasteiger charge is -2.26. The lowest BCUT2D eigenvalue weighted by Crippen LogP contribution is -2.39. The molecule has 1 unspecified atom stereocenters. The van der Waals surface area contributed by atoms with Crippen molar-refractivity contribution in [2.75, 3.05) is 20.6 Å². The van der Waals surface area contributed by atoms with Gasteiger partial charge in [-0.1, -0.05) is 6.07 Å². The minimum atomic E-state index is -3.44. The van der Waals surface area contributed by atoms with Gasteiger partial charge in [-0.3, -0.25) is 9.78 Å². The number of carbonyl (C=O) groups excluding carboxylic acids is 1. The number of hydrogen-bond acceptors (Lipinski definition) is 4. The van der Waals surface area contributed by atoms with Gasteiger partial charge < -0.3 is 5.32 Å². The monoisotopic (exact) mass is 326 g/mol. The molecule has 2 heterocycles. The molecule has 0 bridgehead atoms. The smallest absolute Gasteiger partial charge is 0.282 e. The van der Waals surface area contributed by atoms with Crippen LogP contribution in [0.1, 0.15) is 37.1 Å². The molecule has 0 aliphatic carbocycles. The number of nitrogens with zero attached hydrogens (tertiary/aromatic N) is 3. The number of nitrogens with one attached hydrogen (secondary N) is 1. The zero-order valence-corrected chi connectivity index (χ0v) is 13.9. The first-order valence-electron chi connectivity index (χ1n) is 7.21. The summed E-state index contributed by atoms with van der Waals surface area (Å²) in [7, 11) is -0.363. The molecule has 1 fully saturated rings. The van der Waals surface area contributed by atoms with E-state index in [2.05, 4.69) is 10.3 Å². The molecule has 1 saturated heterocycles. The number of hydrogen-bond donors (Lipinski definition) is 1. The molecule has 8 heteroatoms. The molecule has 22 heavy (non-hydrogen) atoms. The largest absolute Gasteiger partial charge is 0.352 e. The first kappa shape index (κ1) is 16.9. The maximum absolute atomic E-state index is 12.3. The third-order valence-electron chi connectivity index (χ3n) is 3.69. The Balaban J connectivity index is 2.15. The van der Waals surface area contributed by atoms with Gasteiger partial charge in [-0.15, -0.1) is 0 Å². The highest BCUT2D eigenvalue weighted by atomic mass is 32.2. The van der Waals surface area contributed by atoms with Crippen molar-refractivity contribution in [2.45, 2.75) is 32.4 Å². The Hall–Kier alpha value is -1.51. The van der Waals surface area contributed by atoms with Crippen molar-refractivity contribution in [3.8, 4) is 0 Å². The van der Waals surface area contributed by atoms with Gasteiger partial charge in [-0.2, -0.15) is 17.0 Å². The molecule has 1 aliphatic rings. The number of rotatable bonds is 5. The van der Waals surface area contributed by atoms with E-state index in [-0.39, 0.29) is 11.9 Å². The normalized spacial score (nSPS) is 19.5. The standard InChI is InChI=1S/C14H22N4O3S/c1-11(19)15-9-12-6-7-13(16-10-12)14-5-4-8-18(14)22(20,21)17(2)3/h6-7,10,14H,4-5,8-9H2,1-3H3,(H,15,19). The summed E-state index contributed by atoms with van der Waals surface area (Å²) in [6, 6.07) is 3.49. The summed E-state index contributed by atoms with van der Waals surface area (Å²) in [5, 5.41) is 2.71. The fourth-order valence-corrected chi connectivity index (χ4v) is 3.80. The molecular weight excluding hydrogens is 304 g/mol. The van der Waals surface area contributed by atoms with E-state index in [0.717, 1.165) is 24.1 Å². The Morgan fingerprint density at radius 3 is 2.73 bits per heavy atom. The molecule has 122 valence electrons. The van der Waals surface area contributed by atoms with Gasteiger partial charge >= 0.3 is 0 Å². The van der Waals surface area contributed by atoms with Crippen molar-refractivity contribution in [3.05, 3.63) is 29.6 Å².